The number of hydrogen-bond acceptors (Lipinski definition) is 15. The van der Waals surface area contributed by atoms with E-state index < -0.39 is 120 Å². The van der Waals surface area contributed by atoms with Gasteiger partial charge in [0.2, 0.25) is 59.1 Å². The Morgan fingerprint density at radius 2 is 1.26 bits per heavy atom. The van der Waals surface area contributed by atoms with Crippen molar-refractivity contribution in [2.24, 2.45) is 28.3 Å². The predicted octanol–water partition coefficient (Wildman–Crippen LogP) is -0.805. The summed E-state index contributed by atoms with van der Waals surface area (Å²) in [6, 6.07) is 1.58. The number of nitrogens with zero attached hydrogens (tertiary/aromatic N) is 3. The molecule has 4 aromatic rings. The third kappa shape index (κ3) is 23.4. The minimum absolute atomic E-state index is 0.0397. The number of aliphatic hydroxyl groups excluding tert-OH is 1. The molecule has 94 heavy (non-hydrogen) atoms. The molecule has 4 heterocycles. The number of aliphatic hydroxyl groups is 1. The fourth-order valence-electron chi connectivity index (χ4n) is 10.5. The first kappa shape index (κ1) is 74.9. The maximum atomic E-state index is 14.7. The average Bonchev–Trinajstić information content (AvgIpc) is 2.61. The summed E-state index contributed by atoms with van der Waals surface area (Å²) in [5, 5.41) is 53.0. The van der Waals surface area contributed by atoms with Gasteiger partial charge in [-0.15, -0.1) is 0 Å². The third-order valence-corrected chi connectivity index (χ3v) is 15.2. The van der Waals surface area contributed by atoms with Crippen LogP contribution >= 0.6 is 0 Å². The number of phenolic OH excluding ortho intramolecular Hbond substituents is 1. The van der Waals surface area contributed by atoms with Crippen molar-refractivity contribution in [3.8, 4) is 5.75 Å². The Morgan fingerprint density at radius 3 is 1.79 bits per heavy atom. The van der Waals surface area contributed by atoms with Gasteiger partial charge in [-0.05, 0) is 93.0 Å². The molecule has 2 aliphatic rings. The van der Waals surface area contributed by atoms with E-state index in [1.54, 1.807) is 45.2 Å². The van der Waals surface area contributed by atoms with Crippen molar-refractivity contribution in [1.29, 1.82) is 0 Å². The van der Waals surface area contributed by atoms with Crippen LogP contribution in [0.5, 0.6) is 5.75 Å². The monoisotopic (exact) mass is 1320 g/mol. The van der Waals surface area contributed by atoms with Gasteiger partial charge in [0.25, 0.3) is 0 Å². The highest BCUT2D eigenvalue weighted by Crippen LogP contribution is 2.23. The number of hydrogen-bond donors (Lipinski definition) is 16. The van der Waals surface area contributed by atoms with Crippen molar-refractivity contribution in [1.82, 2.24) is 67.7 Å². The number of rotatable bonds is 32. The SMILES string of the molecule is CCNC(=O)[C@@H]1CCCN1C(=O)[C@H](CCCN=C(N)N)NC(=O)[C@H](CC(C)C)NC(=O)[C@@H](CC(C)C)NC(=O)[C@H](Cc1ccc(O)cc1)NC(=O)[C@H](CO)NC(=O)[C@H](Cc1c[nH]c2ccccc12)NC(=O)[C@@H](Cc1cnc[nH]1)NC(=O)[C@@H]1CCC(=O)N1.O=C(O)C(F)(F)F. The van der Waals surface area contributed by atoms with Crippen molar-refractivity contribution in [2.45, 2.75) is 166 Å². The highest BCUT2D eigenvalue weighted by Gasteiger charge is 2.41. The number of para-hydroxylation sites is 1. The van der Waals surface area contributed by atoms with E-state index >= 15 is 0 Å². The van der Waals surface area contributed by atoms with Crippen LogP contribution < -0.4 is 59.3 Å². The number of nitrogens with one attached hydrogen (secondary N) is 11. The number of aromatic hydroxyl groups is 1. The highest BCUT2D eigenvalue weighted by molar-refractivity contribution is 5.99. The molecular formula is C61H85F3N16O14. The quantitative estimate of drug-likeness (QED) is 0.0162. The number of aromatic nitrogens is 3. The van der Waals surface area contributed by atoms with Gasteiger partial charge in [-0.1, -0.05) is 58.0 Å². The fourth-order valence-corrected chi connectivity index (χ4v) is 10.5. The molecule has 9 atom stereocenters. The molecule has 2 aliphatic heterocycles. The zero-order chi connectivity index (χ0) is 69.4. The number of carbonyl (C=O) groups excluding carboxylic acids is 10. The average molecular weight is 1320 g/mol. The molecule has 0 saturated carbocycles. The number of benzene rings is 2. The number of likely N-dealkylation sites (N-methyl/N-ethyl adjacent to an activating group) is 1. The van der Waals surface area contributed by atoms with Crippen molar-refractivity contribution in [3.05, 3.63) is 84.1 Å². The summed E-state index contributed by atoms with van der Waals surface area (Å²) < 4.78 is 31.7. The second-order valence-electron chi connectivity index (χ2n) is 23.6. The molecule has 514 valence electrons. The number of phenols is 1. The van der Waals surface area contributed by atoms with E-state index in [-0.39, 0.29) is 106 Å². The number of aliphatic carboxylic acids is 1. The van der Waals surface area contributed by atoms with Gasteiger partial charge < -0.3 is 89.5 Å². The summed E-state index contributed by atoms with van der Waals surface area (Å²) in [7, 11) is 0. The first-order valence-electron chi connectivity index (χ1n) is 30.7. The van der Waals surface area contributed by atoms with Crippen LogP contribution in [0.4, 0.5) is 13.2 Å². The maximum Gasteiger partial charge on any atom is 0.490 e. The van der Waals surface area contributed by atoms with Gasteiger partial charge in [0, 0.05) is 74.3 Å². The Balaban J connectivity index is 0.00000216. The summed E-state index contributed by atoms with van der Waals surface area (Å²) in [4.78, 5) is 164. The molecule has 0 bridgehead atoms. The Labute approximate surface area is 539 Å². The smallest absolute Gasteiger partial charge is 0.490 e. The molecule has 0 unspecified atom stereocenters. The number of aromatic amines is 2. The number of halogens is 3. The van der Waals surface area contributed by atoms with E-state index in [0.29, 0.717) is 41.6 Å². The zero-order valence-corrected chi connectivity index (χ0v) is 52.8. The summed E-state index contributed by atoms with van der Waals surface area (Å²) in [5.41, 5.74) is 13.3. The number of H-pyrrole nitrogens is 2. The Morgan fingerprint density at radius 1 is 0.713 bits per heavy atom. The molecule has 2 aromatic heterocycles. The first-order valence-corrected chi connectivity index (χ1v) is 30.7. The molecule has 6 rings (SSSR count). The van der Waals surface area contributed by atoms with Gasteiger partial charge in [0.05, 0.1) is 12.9 Å². The Hall–Kier alpha value is -9.82. The zero-order valence-electron chi connectivity index (χ0n) is 52.8. The summed E-state index contributed by atoms with van der Waals surface area (Å²) in [6.45, 7) is 8.82. The van der Waals surface area contributed by atoms with Gasteiger partial charge in [-0.2, -0.15) is 13.2 Å². The largest absolute Gasteiger partial charge is 0.508 e. The lowest BCUT2D eigenvalue weighted by Gasteiger charge is -2.31. The molecule has 2 fully saturated rings. The Kier molecular flexibility index (Phi) is 28.6. The second-order valence-corrected chi connectivity index (χ2v) is 23.6. The number of guanidine groups is 1. The van der Waals surface area contributed by atoms with Crippen LogP contribution in [0.15, 0.2) is 72.2 Å². The number of aliphatic imine (C=N–C) groups is 1. The molecule has 30 nitrogen and oxygen atoms in total. The molecular weight excluding hydrogens is 1240 g/mol. The number of imidazole rings is 1. The molecule has 18 N–H and O–H groups in total. The van der Waals surface area contributed by atoms with E-state index in [1.165, 1.54) is 41.7 Å². The van der Waals surface area contributed by atoms with E-state index in [1.807, 2.05) is 19.9 Å². The van der Waals surface area contributed by atoms with Gasteiger partial charge in [-0.25, -0.2) is 9.78 Å². The minimum Gasteiger partial charge on any atom is -0.508 e. The van der Waals surface area contributed by atoms with E-state index in [0.717, 1.165) is 5.52 Å². The maximum absolute atomic E-state index is 14.7. The number of likely N-dealkylation sites (tertiary alicyclic amines) is 1. The van der Waals surface area contributed by atoms with Crippen LogP contribution in [0, 0.1) is 11.8 Å². The van der Waals surface area contributed by atoms with Crippen LogP contribution in [0.3, 0.4) is 0 Å². The molecule has 2 aromatic carbocycles. The number of carboxylic acid groups (broad SMARTS) is 1. The summed E-state index contributed by atoms with van der Waals surface area (Å²) in [5.74, 6) is -10.3. The van der Waals surface area contributed by atoms with Crippen LogP contribution in [-0.4, -0.2) is 193 Å². The third-order valence-electron chi connectivity index (χ3n) is 15.2. The number of fused-ring (bicyclic) bond motifs is 1. The van der Waals surface area contributed by atoms with E-state index in [2.05, 4.69) is 67.8 Å². The summed E-state index contributed by atoms with van der Waals surface area (Å²) >= 11 is 0. The van der Waals surface area contributed by atoms with Crippen molar-refractivity contribution >= 4 is 81.9 Å². The highest BCUT2D eigenvalue weighted by atomic mass is 19.4. The van der Waals surface area contributed by atoms with Gasteiger partial charge in [0.15, 0.2) is 5.96 Å². The fraction of sp³-hybridized carbons (Fsp3) is 0.525. The standard InChI is InChI=1S/C59H84N16O12.C2HF3O2/c1-6-63-57(86)48-14-10-22-75(48)58(87)41(13-9-21-64-59(60)61)68-51(80)42(23-32(2)3)69-52(81)43(24-33(4)5)70-53(82)44(25-34-15-17-37(77)18-16-34)71-56(85)47(30-76)74-54(83)45(26-35-28-65-39-12-8-7-11-38(35)39)72-55(84)46(27-36-29-62-31-66-36)73-50(79)40-19-20-49(78)67-40;3-2(4,5)1(6)7/h7-8,11-12,15-18,28-29,31-33,40-48,65,76-77H,6,9-10,13-14,19-27,30H2,1-5H3,(H,62,66)(H,63,86)(H,67,78)(H,68,80)(H,69,81)(H,70,82)(H,71,85)(H,72,84)(H,73,79)(H,74,83)(H4,60,61,64);(H,6,7)/t40-,41-,42-,43+,44-,45-,46+,47-,48-;/m0./s1. The molecule has 0 spiro atoms. The van der Waals surface area contributed by atoms with Crippen molar-refractivity contribution in [3.63, 3.8) is 0 Å². The Bertz CT molecular complexity index is 3290. The lowest BCUT2D eigenvalue weighted by atomic mass is 9.98. The molecule has 0 radical (unpaired) electrons. The number of alkyl halides is 3. The van der Waals surface area contributed by atoms with Gasteiger partial charge >= 0.3 is 12.1 Å². The van der Waals surface area contributed by atoms with Gasteiger partial charge in [-0.3, -0.25) is 52.9 Å². The molecule has 2 saturated heterocycles. The molecule has 33 heteroatoms. The van der Waals surface area contributed by atoms with Crippen LogP contribution in [-0.2, 0) is 72.0 Å². The number of nitrogens with two attached hydrogens (primary N) is 2. The number of carbonyl (C=O) groups is 11. The number of amides is 10. The summed E-state index contributed by atoms with van der Waals surface area (Å²) in [6.07, 6.45) is 0.721. The minimum atomic E-state index is -5.08. The van der Waals surface area contributed by atoms with E-state index in [4.69, 9.17) is 21.4 Å². The molecule has 0 aliphatic carbocycles. The lowest BCUT2D eigenvalue weighted by Crippen LogP contribution is -2.61. The van der Waals surface area contributed by atoms with E-state index in [9.17, 15) is 71.3 Å². The van der Waals surface area contributed by atoms with Crippen LogP contribution in [0.25, 0.3) is 10.9 Å². The topological polar surface area (TPSA) is 469 Å². The molecule has 10 amide bonds. The van der Waals surface area contributed by atoms with Crippen LogP contribution in [0.2, 0.25) is 0 Å². The van der Waals surface area contributed by atoms with Crippen molar-refractivity contribution in [2.75, 3.05) is 26.2 Å². The lowest BCUT2D eigenvalue weighted by molar-refractivity contribution is -0.192. The van der Waals surface area contributed by atoms with Gasteiger partial charge in [0.1, 0.15) is 60.1 Å². The second kappa shape index (κ2) is 35.8. The normalized spacial score (nSPS) is 16.7. The van der Waals surface area contributed by atoms with Crippen LogP contribution in [0.1, 0.15) is 103 Å². The first-order chi connectivity index (χ1) is 44.5. The van der Waals surface area contributed by atoms with Crippen molar-refractivity contribution < 1.29 is 81.2 Å². The predicted molar refractivity (Wildman–Crippen MR) is 334 cm³/mol. The number of carboxylic acids is 1.